The number of ketones is 1. The number of rotatable bonds is 8. The second-order valence-corrected chi connectivity index (χ2v) is 8.33. The Balaban J connectivity index is 1.42. The molecule has 0 aliphatic carbocycles. The van der Waals surface area contributed by atoms with Crippen LogP contribution in [0, 0.1) is 0 Å². The Kier molecular flexibility index (Phi) is 5.99. The predicted molar refractivity (Wildman–Crippen MR) is 125 cm³/mol. The molecule has 0 spiro atoms. The van der Waals surface area contributed by atoms with Gasteiger partial charge >= 0.3 is 0 Å². The van der Waals surface area contributed by atoms with Crippen LogP contribution in [0.5, 0.6) is 17.2 Å². The molecule has 4 aromatic rings. The molecule has 8 heteroatoms. The average Bonchev–Trinajstić information content (AvgIpc) is 3.49. The summed E-state index contributed by atoms with van der Waals surface area (Å²) in [5.74, 6) is 3.10. The maximum atomic E-state index is 12.8. The molecule has 3 aromatic carbocycles. The van der Waals surface area contributed by atoms with Crippen molar-refractivity contribution >= 4 is 17.5 Å². The lowest BCUT2D eigenvalue weighted by molar-refractivity contribution is 0.102. The Morgan fingerprint density at radius 2 is 1.85 bits per heavy atom. The summed E-state index contributed by atoms with van der Waals surface area (Å²) in [6.07, 6.45) is 0. The van der Waals surface area contributed by atoms with Crippen LogP contribution in [0.25, 0.3) is 11.4 Å². The molecule has 0 amide bonds. The molecule has 0 atom stereocenters. The first-order valence-electron chi connectivity index (χ1n) is 10.4. The smallest absolute Gasteiger partial charge is 0.231 e. The topological polar surface area (TPSA) is 75.5 Å². The Morgan fingerprint density at radius 3 is 2.70 bits per heavy atom. The van der Waals surface area contributed by atoms with Gasteiger partial charge in [0, 0.05) is 11.1 Å². The van der Waals surface area contributed by atoms with Gasteiger partial charge in [0.25, 0.3) is 0 Å². The van der Waals surface area contributed by atoms with Crippen LogP contribution in [0.3, 0.4) is 0 Å². The Hall–Kier alpha value is -3.78. The Labute approximate surface area is 195 Å². The van der Waals surface area contributed by atoms with E-state index in [9.17, 15) is 4.79 Å². The van der Waals surface area contributed by atoms with Crippen LogP contribution in [-0.2, 0) is 6.54 Å². The normalized spacial score (nSPS) is 12.0. The molecule has 0 radical (unpaired) electrons. The van der Waals surface area contributed by atoms with Gasteiger partial charge in [0.2, 0.25) is 6.79 Å². The number of hydrogen-bond donors (Lipinski definition) is 0. The highest BCUT2D eigenvalue weighted by Gasteiger charge is 2.19. The van der Waals surface area contributed by atoms with E-state index in [1.807, 2.05) is 65.2 Å². The zero-order valence-electron chi connectivity index (χ0n) is 17.9. The van der Waals surface area contributed by atoms with Crippen LogP contribution in [0.4, 0.5) is 0 Å². The highest BCUT2D eigenvalue weighted by Crippen LogP contribution is 2.34. The number of carbonyl (C=O) groups is 1. The van der Waals surface area contributed by atoms with E-state index in [0.29, 0.717) is 23.0 Å². The lowest BCUT2D eigenvalue weighted by Crippen LogP contribution is -2.07. The van der Waals surface area contributed by atoms with Crippen molar-refractivity contribution < 1.29 is 19.0 Å². The number of carbonyl (C=O) groups excluding carboxylic acids is 1. The molecule has 2 heterocycles. The lowest BCUT2D eigenvalue weighted by atomic mass is 10.1. The van der Waals surface area contributed by atoms with Crippen molar-refractivity contribution in [2.75, 3.05) is 19.7 Å². The summed E-state index contributed by atoms with van der Waals surface area (Å²) in [6, 6.07) is 22.9. The first kappa shape index (κ1) is 21.1. The minimum absolute atomic E-state index is 0.00205. The minimum atomic E-state index is -0.00205. The van der Waals surface area contributed by atoms with Gasteiger partial charge in [-0.2, -0.15) is 0 Å². The van der Waals surface area contributed by atoms with Crippen molar-refractivity contribution in [2.45, 2.75) is 11.7 Å². The summed E-state index contributed by atoms with van der Waals surface area (Å²) in [5, 5.41) is 9.51. The highest BCUT2D eigenvalue weighted by atomic mass is 32.2. The van der Waals surface area contributed by atoms with Gasteiger partial charge in [-0.3, -0.25) is 9.36 Å². The number of aromatic nitrogens is 3. The fourth-order valence-corrected chi connectivity index (χ4v) is 4.40. The molecule has 5 rings (SSSR count). The third-order valence-corrected chi connectivity index (χ3v) is 6.22. The van der Waals surface area contributed by atoms with Crippen molar-refractivity contribution in [1.29, 1.82) is 0 Å². The molecule has 1 aliphatic heterocycles. The summed E-state index contributed by atoms with van der Waals surface area (Å²) in [7, 11) is 1.59. The molecule has 0 unspecified atom stereocenters. The number of Topliss-reactive ketones (excluding diaryl/α,β-unsaturated/α-hetero) is 1. The molecule has 7 nitrogen and oxygen atoms in total. The fourth-order valence-electron chi connectivity index (χ4n) is 3.57. The summed E-state index contributed by atoms with van der Waals surface area (Å²) in [6.45, 7) is 0.762. The third kappa shape index (κ3) is 4.56. The number of ether oxygens (including phenoxy) is 3. The molecule has 0 N–H and O–H groups in total. The van der Waals surface area contributed by atoms with Crippen LogP contribution in [0.1, 0.15) is 15.9 Å². The molecule has 166 valence electrons. The molecular formula is C25H21N3O4S. The number of thioether (sulfide) groups is 1. The van der Waals surface area contributed by atoms with E-state index in [-0.39, 0.29) is 18.3 Å². The first-order chi connectivity index (χ1) is 16.2. The van der Waals surface area contributed by atoms with Crippen molar-refractivity contribution in [3.05, 3.63) is 83.9 Å². The van der Waals surface area contributed by atoms with E-state index in [4.69, 9.17) is 14.2 Å². The van der Waals surface area contributed by atoms with Crippen molar-refractivity contribution in [1.82, 2.24) is 14.8 Å². The zero-order chi connectivity index (χ0) is 22.6. The molecule has 0 saturated carbocycles. The van der Waals surface area contributed by atoms with Gasteiger partial charge < -0.3 is 14.2 Å². The standard InChI is InChI=1S/C25H21N3O4S/c1-30-20-9-5-8-19(13-20)21(29)15-33-25-27-26-24(18-6-3-2-4-7-18)28(25)14-17-10-11-22-23(12-17)32-16-31-22/h2-13H,14-16H2,1H3. The van der Waals surface area contributed by atoms with Crippen LogP contribution >= 0.6 is 11.8 Å². The quantitative estimate of drug-likeness (QED) is 0.279. The van der Waals surface area contributed by atoms with E-state index in [2.05, 4.69) is 10.2 Å². The summed E-state index contributed by atoms with van der Waals surface area (Å²) in [5.41, 5.74) is 2.58. The Morgan fingerprint density at radius 1 is 1.00 bits per heavy atom. The second kappa shape index (κ2) is 9.38. The summed E-state index contributed by atoms with van der Waals surface area (Å²) >= 11 is 1.37. The van der Waals surface area contributed by atoms with Crippen LogP contribution in [0.2, 0.25) is 0 Å². The lowest BCUT2D eigenvalue weighted by Gasteiger charge is -2.11. The average molecular weight is 460 g/mol. The van der Waals surface area contributed by atoms with Crippen LogP contribution < -0.4 is 14.2 Å². The fraction of sp³-hybridized carbons (Fsp3) is 0.160. The minimum Gasteiger partial charge on any atom is -0.497 e. The molecule has 0 saturated heterocycles. The zero-order valence-corrected chi connectivity index (χ0v) is 18.7. The van der Waals surface area contributed by atoms with Gasteiger partial charge in [0.05, 0.1) is 19.4 Å². The molecular weight excluding hydrogens is 438 g/mol. The SMILES string of the molecule is COc1cccc(C(=O)CSc2nnc(-c3ccccc3)n2Cc2ccc3c(c2)OCO3)c1. The van der Waals surface area contributed by atoms with Gasteiger partial charge in [-0.15, -0.1) is 10.2 Å². The van der Waals surface area contributed by atoms with Gasteiger partial charge in [0.15, 0.2) is 28.3 Å². The maximum absolute atomic E-state index is 12.8. The van der Waals surface area contributed by atoms with E-state index in [1.54, 1.807) is 19.2 Å². The monoisotopic (exact) mass is 459 g/mol. The summed E-state index contributed by atoms with van der Waals surface area (Å²) < 4.78 is 18.2. The van der Waals surface area contributed by atoms with Crippen LogP contribution in [0.15, 0.2) is 78.0 Å². The van der Waals surface area contributed by atoms with Crippen LogP contribution in [-0.4, -0.2) is 40.2 Å². The van der Waals surface area contributed by atoms with E-state index < -0.39 is 0 Å². The maximum Gasteiger partial charge on any atom is 0.231 e. The largest absolute Gasteiger partial charge is 0.497 e. The number of benzene rings is 3. The number of hydrogen-bond acceptors (Lipinski definition) is 7. The number of fused-ring (bicyclic) bond motifs is 1. The highest BCUT2D eigenvalue weighted by molar-refractivity contribution is 7.99. The van der Waals surface area contributed by atoms with Gasteiger partial charge in [-0.25, -0.2) is 0 Å². The van der Waals surface area contributed by atoms with Gasteiger partial charge in [-0.05, 0) is 29.8 Å². The Bertz CT molecular complexity index is 1290. The molecule has 33 heavy (non-hydrogen) atoms. The van der Waals surface area contributed by atoms with E-state index >= 15 is 0 Å². The second-order valence-electron chi connectivity index (χ2n) is 7.39. The van der Waals surface area contributed by atoms with E-state index in [1.165, 1.54) is 11.8 Å². The third-order valence-electron chi connectivity index (χ3n) is 5.25. The van der Waals surface area contributed by atoms with Gasteiger partial charge in [0.1, 0.15) is 5.75 Å². The van der Waals surface area contributed by atoms with Crippen molar-refractivity contribution in [2.24, 2.45) is 0 Å². The molecule has 0 bridgehead atoms. The van der Waals surface area contributed by atoms with Crippen molar-refractivity contribution in [3.63, 3.8) is 0 Å². The predicted octanol–water partition coefficient (Wildman–Crippen LogP) is 4.71. The van der Waals surface area contributed by atoms with E-state index in [0.717, 1.165) is 28.5 Å². The molecule has 0 fully saturated rings. The summed E-state index contributed by atoms with van der Waals surface area (Å²) in [4.78, 5) is 12.8. The molecule has 1 aliphatic rings. The van der Waals surface area contributed by atoms with Crippen molar-refractivity contribution in [3.8, 4) is 28.6 Å². The number of methoxy groups -OCH3 is 1. The number of nitrogens with zero attached hydrogens (tertiary/aromatic N) is 3. The van der Waals surface area contributed by atoms with Gasteiger partial charge in [-0.1, -0.05) is 60.3 Å². The molecule has 1 aromatic heterocycles. The first-order valence-corrected chi connectivity index (χ1v) is 11.4.